The van der Waals surface area contributed by atoms with Gasteiger partial charge in [-0.1, -0.05) is 30.3 Å². The van der Waals surface area contributed by atoms with Crippen molar-refractivity contribution in [2.45, 2.75) is 24.7 Å². The SMILES string of the molecule is CN=C(NCCCN(C)C)NCC1(c2ccccc2)CC1. The van der Waals surface area contributed by atoms with Gasteiger partial charge in [0.2, 0.25) is 0 Å². The van der Waals surface area contributed by atoms with Crippen molar-refractivity contribution in [3.63, 3.8) is 0 Å². The van der Waals surface area contributed by atoms with Gasteiger partial charge in [0.15, 0.2) is 5.96 Å². The highest BCUT2D eigenvalue weighted by Gasteiger charge is 2.43. The maximum absolute atomic E-state index is 4.31. The summed E-state index contributed by atoms with van der Waals surface area (Å²) in [5.74, 6) is 0.913. The van der Waals surface area contributed by atoms with Crippen LogP contribution in [0.4, 0.5) is 0 Å². The molecule has 0 amide bonds. The van der Waals surface area contributed by atoms with Crippen LogP contribution in [0.1, 0.15) is 24.8 Å². The molecule has 4 heteroatoms. The Hall–Kier alpha value is -1.55. The fraction of sp³-hybridized carbons (Fsp3) is 0.588. The minimum atomic E-state index is 0.322. The van der Waals surface area contributed by atoms with E-state index in [-0.39, 0.29) is 0 Å². The fourth-order valence-electron chi connectivity index (χ4n) is 2.59. The third-order valence-corrected chi connectivity index (χ3v) is 4.13. The average Bonchev–Trinajstić information content (AvgIpc) is 3.28. The van der Waals surface area contributed by atoms with Gasteiger partial charge in [0.1, 0.15) is 0 Å². The van der Waals surface area contributed by atoms with Gasteiger partial charge >= 0.3 is 0 Å². The van der Waals surface area contributed by atoms with Gasteiger partial charge in [-0.3, -0.25) is 4.99 Å². The number of guanidine groups is 1. The minimum Gasteiger partial charge on any atom is -0.356 e. The van der Waals surface area contributed by atoms with Crippen LogP contribution in [-0.4, -0.2) is 51.6 Å². The Morgan fingerprint density at radius 3 is 2.48 bits per heavy atom. The molecule has 1 aliphatic carbocycles. The lowest BCUT2D eigenvalue weighted by Gasteiger charge is -2.19. The molecule has 0 saturated heterocycles. The molecular weight excluding hydrogens is 260 g/mol. The normalized spacial score (nSPS) is 16.9. The molecule has 1 aromatic rings. The molecule has 0 unspecified atom stereocenters. The van der Waals surface area contributed by atoms with E-state index in [4.69, 9.17) is 0 Å². The number of rotatable bonds is 7. The van der Waals surface area contributed by atoms with Gasteiger partial charge in [-0.25, -0.2) is 0 Å². The first-order valence-corrected chi connectivity index (χ1v) is 7.81. The lowest BCUT2D eigenvalue weighted by atomic mass is 9.96. The first-order valence-electron chi connectivity index (χ1n) is 7.81. The molecule has 4 nitrogen and oxygen atoms in total. The zero-order valence-corrected chi connectivity index (χ0v) is 13.5. The van der Waals surface area contributed by atoms with Gasteiger partial charge in [0.05, 0.1) is 0 Å². The zero-order chi connectivity index (χ0) is 15.1. The Morgan fingerprint density at radius 1 is 1.19 bits per heavy atom. The molecule has 21 heavy (non-hydrogen) atoms. The molecule has 0 aliphatic heterocycles. The molecule has 1 saturated carbocycles. The molecule has 0 aromatic heterocycles. The molecule has 116 valence electrons. The molecule has 0 bridgehead atoms. The summed E-state index contributed by atoms with van der Waals surface area (Å²) in [7, 11) is 6.04. The second kappa shape index (κ2) is 7.46. The smallest absolute Gasteiger partial charge is 0.191 e. The van der Waals surface area contributed by atoms with Crippen LogP contribution >= 0.6 is 0 Å². The molecule has 2 rings (SSSR count). The summed E-state index contributed by atoms with van der Waals surface area (Å²) in [5, 5.41) is 6.87. The van der Waals surface area contributed by atoms with Crippen LogP contribution in [0, 0.1) is 0 Å². The van der Waals surface area contributed by atoms with Crippen LogP contribution in [0.2, 0.25) is 0 Å². The van der Waals surface area contributed by atoms with E-state index in [9.17, 15) is 0 Å². The topological polar surface area (TPSA) is 39.7 Å². The van der Waals surface area contributed by atoms with E-state index >= 15 is 0 Å². The van der Waals surface area contributed by atoms with E-state index in [0.29, 0.717) is 5.41 Å². The fourth-order valence-corrected chi connectivity index (χ4v) is 2.59. The Kier molecular flexibility index (Phi) is 5.62. The first kappa shape index (κ1) is 15.8. The number of hydrogen-bond acceptors (Lipinski definition) is 2. The monoisotopic (exact) mass is 288 g/mol. The van der Waals surface area contributed by atoms with E-state index in [1.54, 1.807) is 0 Å². The number of hydrogen-bond donors (Lipinski definition) is 2. The molecule has 0 radical (unpaired) electrons. The Morgan fingerprint density at radius 2 is 1.90 bits per heavy atom. The van der Waals surface area contributed by atoms with Gasteiger partial charge in [-0.15, -0.1) is 0 Å². The van der Waals surface area contributed by atoms with E-state index in [2.05, 4.69) is 65.0 Å². The van der Waals surface area contributed by atoms with Gasteiger partial charge < -0.3 is 15.5 Å². The van der Waals surface area contributed by atoms with Crippen LogP contribution in [0.3, 0.4) is 0 Å². The predicted octanol–water partition coefficient (Wildman–Crippen LogP) is 1.83. The van der Waals surface area contributed by atoms with Crippen LogP contribution in [0.25, 0.3) is 0 Å². The molecule has 2 N–H and O–H groups in total. The van der Waals surface area contributed by atoms with Crippen LogP contribution < -0.4 is 10.6 Å². The Balaban J connectivity index is 1.76. The summed E-state index contributed by atoms with van der Waals surface area (Å²) in [6.07, 6.45) is 3.65. The summed E-state index contributed by atoms with van der Waals surface area (Å²) in [4.78, 5) is 6.51. The minimum absolute atomic E-state index is 0.322. The lowest BCUT2D eigenvalue weighted by Crippen LogP contribution is -2.42. The quantitative estimate of drug-likeness (QED) is 0.457. The highest BCUT2D eigenvalue weighted by Crippen LogP contribution is 2.47. The summed E-state index contributed by atoms with van der Waals surface area (Å²) in [5.41, 5.74) is 1.77. The zero-order valence-electron chi connectivity index (χ0n) is 13.5. The van der Waals surface area contributed by atoms with Crippen LogP contribution in [0.5, 0.6) is 0 Å². The van der Waals surface area contributed by atoms with E-state index in [1.165, 1.54) is 18.4 Å². The van der Waals surface area contributed by atoms with E-state index in [0.717, 1.165) is 32.0 Å². The molecular formula is C17H28N4. The van der Waals surface area contributed by atoms with Crippen molar-refractivity contribution in [1.82, 2.24) is 15.5 Å². The molecule has 1 aromatic carbocycles. The van der Waals surface area contributed by atoms with Crippen molar-refractivity contribution in [2.75, 3.05) is 40.8 Å². The van der Waals surface area contributed by atoms with Gasteiger partial charge in [0, 0.05) is 25.6 Å². The van der Waals surface area contributed by atoms with Crippen LogP contribution in [-0.2, 0) is 5.41 Å². The molecule has 0 spiro atoms. The third-order valence-electron chi connectivity index (χ3n) is 4.13. The second-order valence-corrected chi connectivity index (χ2v) is 6.16. The highest BCUT2D eigenvalue weighted by molar-refractivity contribution is 5.79. The van der Waals surface area contributed by atoms with E-state index < -0.39 is 0 Å². The van der Waals surface area contributed by atoms with Crippen molar-refractivity contribution in [2.24, 2.45) is 4.99 Å². The Labute approximate surface area is 128 Å². The summed E-state index contributed by atoms with van der Waals surface area (Å²) >= 11 is 0. The van der Waals surface area contributed by atoms with Crippen LogP contribution in [0.15, 0.2) is 35.3 Å². The number of benzene rings is 1. The maximum atomic E-state index is 4.31. The highest BCUT2D eigenvalue weighted by atomic mass is 15.2. The summed E-state index contributed by atoms with van der Waals surface area (Å²) in [6.45, 7) is 3.01. The lowest BCUT2D eigenvalue weighted by molar-refractivity contribution is 0.399. The van der Waals surface area contributed by atoms with Crippen molar-refractivity contribution >= 4 is 5.96 Å². The summed E-state index contributed by atoms with van der Waals surface area (Å²) in [6, 6.07) is 10.8. The van der Waals surface area contributed by atoms with Gasteiger partial charge in [0.25, 0.3) is 0 Å². The van der Waals surface area contributed by atoms with Crippen molar-refractivity contribution in [3.8, 4) is 0 Å². The molecule has 0 heterocycles. The number of nitrogens with zero attached hydrogens (tertiary/aromatic N) is 2. The first-order chi connectivity index (χ1) is 10.2. The third kappa shape index (κ3) is 4.74. The maximum Gasteiger partial charge on any atom is 0.191 e. The van der Waals surface area contributed by atoms with Crippen molar-refractivity contribution in [3.05, 3.63) is 35.9 Å². The molecule has 1 aliphatic rings. The molecule has 1 fully saturated rings. The average molecular weight is 288 g/mol. The van der Waals surface area contributed by atoms with Crippen molar-refractivity contribution < 1.29 is 0 Å². The molecule has 0 atom stereocenters. The second-order valence-electron chi connectivity index (χ2n) is 6.16. The van der Waals surface area contributed by atoms with Crippen molar-refractivity contribution in [1.29, 1.82) is 0 Å². The Bertz CT molecular complexity index is 449. The predicted molar refractivity (Wildman–Crippen MR) is 89.9 cm³/mol. The number of aliphatic imine (C=N–C) groups is 1. The van der Waals surface area contributed by atoms with E-state index in [1.807, 2.05) is 7.05 Å². The standard InChI is InChI=1S/C17H28N4/c1-18-16(19-12-7-13-21(2)3)20-14-17(10-11-17)15-8-5-4-6-9-15/h4-6,8-9H,7,10-14H2,1-3H3,(H2,18,19,20). The van der Waals surface area contributed by atoms with Gasteiger partial charge in [-0.2, -0.15) is 0 Å². The summed E-state index contributed by atoms with van der Waals surface area (Å²) < 4.78 is 0. The van der Waals surface area contributed by atoms with Gasteiger partial charge in [-0.05, 0) is 45.5 Å². The largest absolute Gasteiger partial charge is 0.356 e. The number of nitrogens with one attached hydrogen (secondary N) is 2.